The molecule has 0 radical (unpaired) electrons. The highest BCUT2D eigenvalue weighted by Gasteiger charge is 2.21. The van der Waals surface area contributed by atoms with Gasteiger partial charge in [-0.25, -0.2) is 0 Å². The summed E-state index contributed by atoms with van der Waals surface area (Å²) in [5.41, 5.74) is 0. The third kappa shape index (κ3) is 19.1. The maximum Gasteiger partial charge on any atom is 0.102 e. The van der Waals surface area contributed by atoms with Gasteiger partial charge < -0.3 is 33.4 Å². The third-order valence-electron chi connectivity index (χ3n) is 5.91. The van der Waals surface area contributed by atoms with Gasteiger partial charge in [0.1, 0.15) is 13.1 Å². The summed E-state index contributed by atoms with van der Waals surface area (Å²) in [5, 5.41) is 16.7. The Hall–Kier alpha value is -0.890. The zero-order chi connectivity index (χ0) is 23.9. The van der Waals surface area contributed by atoms with Crippen LogP contribution < -0.4 is 10.2 Å². The van der Waals surface area contributed by atoms with E-state index in [9.17, 15) is 0 Å². The quantitative estimate of drug-likeness (QED) is 0.273. The molecule has 0 aromatic carbocycles. The molecule has 30 heavy (non-hydrogen) atoms. The predicted molar refractivity (Wildman–Crippen MR) is 121 cm³/mol. The van der Waals surface area contributed by atoms with Gasteiger partial charge in [0, 0.05) is 13.2 Å². The van der Waals surface area contributed by atoms with Crippen LogP contribution in [-0.2, 0) is 9.47 Å². The first kappa shape index (κ1) is 33.7. The Kier molecular flexibility index (Phi) is 25.6. The number of rotatable bonds is 16. The topological polar surface area (TPSA) is 81.7 Å². The zero-order valence-electron chi connectivity index (χ0n) is 21.3. The van der Waals surface area contributed by atoms with E-state index in [4.69, 9.17) is 24.5 Å². The van der Waals surface area contributed by atoms with Crippen LogP contribution in [0.25, 0.3) is 0 Å². The molecule has 0 saturated carbocycles. The molecule has 0 N–H and O–H groups in total. The van der Waals surface area contributed by atoms with Crippen LogP contribution in [-0.4, -0.2) is 93.9 Å². The fourth-order valence-electron chi connectivity index (χ4n) is 3.69. The maximum absolute atomic E-state index is 8.33. The molecule has 0 bridgehead atoms. The molecule has 184 valence electrons. The third-order valence-corrected chi connectivity index (χ3v) is 5.91. The molecule has 0 aliphatic heterocycles. The van der Waals surface area contributed by atoms with E-state index in [1.165, 1.54) is 74.2 Å². The minimum absolute atomic E-state index is 0.847. The summed E-state index contributed by atoms with van der Waals surface area (Å²) in [6.07, 6.45) is 0.210. The van der Waals surface area contributed by atoms with E-state index in [2.05, 4.69) is 55.4 Å². The van der Waals surface area contributed by atoms with E-state index < -0.39 is 6.16 Å². The van der Waals surface area contributed by atoms with Crippen molar-refractivity contribution in [1.82, 2.24) is 0 Å². The van der Waals surface area contributed by atoms with Crippen LogP contribution in [0.1, 0.15) is 68.2 Å². The minimum Gasteiger partial charge on any atom is -0.652 e. The van der Waals surface area contributed by atoms with E-state index in [1.54, 1.807) is 0 Å². The van der Waals surface area contributed by atoms with Crippen molar-refractivity contribution in [2.24, 2.45) is 0 Å². The van der Waals surface area contributed by atoms with Gasteiger partial charge in [-0.3, -0.25) is 0 Å². The van der Waals surface area contributed by atoms with Gasteiger partial charge >= 0.3 is 0 Å². The molecule has 0 aliphatic carbocycles. The van der Waals surface area contributed by atoms with Gasteiger partial charge in [-0.15, -0.1) is 0 Å². The first-order chi connectivity index (χ1) is 14.2. The molecule has 0 aromatic heterocycles. The molecule has 7 heteroatoms. The van der Waals surface area contributed by atoms with Crippen molar-refractivity contribution >= 4 is 6.16 Å². The Morgan fingerprint density at radius 3 is 1.03 bits per heavy atom. The number of ether oxygens (including phenoxy) is 2. The number of quaternary nitrogens is 2. The highest BCUT2D eigenvalue weighted by Crippen LogP contribution is 2.08. The van der Waals surface area contributed by atoms with Crippen molar-refractivity contribution in [1.29, 1.82) is 0 Å². The van der Waals surface area contributed by atoms with Crippen molar-refractivity contribution < 1.29 is 33.4 Å². The summed E-state index contributed by atoms with van der Waals surface area (Å²) in [6.45, 7) is 31.2. The fourth-order valence-corrected chi connectivity index (χ4v) is 3.69. The lowest BCUT2D eigenvalue weighted by Gasteiger charge is -2.36. The number of carbonyl (C=O) groups excluding carboxylic acids is 1. The monoisotopic (exact) mass is 436 g/mol. The molecule has 0 fully saturated rings. The average Bonchev–Trinajstić information content (AvgIpc) is 2.73. The van der Waals surface area contributed by atoms with Crippen LogP contribution >= 0.6 is 0 Å². The number of carboxylic acid groups (broad SMARTS) is 2. The molecule has 0 aliphatic rings. The van der Waals surface area contributed by atoms with Crippen molar-refractivity contribution in [3.8, 4) is 0 Å². The number of carbonyl (C=O) groups is 1. The van der Waals surface area contributed by atoms with Gasteiger partial charge in [0.25, 0.3) is 0 Å². The molecule has 0 rings (SSSR count). The number of hydrogen-bond acceptors (Lipinski definition) is 5. The van der Waals surface area contributed by atoms with Crippen LogP contribution in [0.15, 0.2) is 0 Å². The second kappa shape index (κ2) is 22.8. The van der Waals surface area contributed by atoms with E-state index >= 15 is 0 Å². The minimum atomic E-state index is -2.33. The van der Waals surface area contributed by atoms with Gasteiger partial charge in [0.15, 0.2) is 0 Å². The number of hydrogen-bond donors (Lipinski definition) is 0. The van der Waals surface area contributed by atoms with Crippen molar-refractivity contribution in [2.75, 3.05) is 78.8 Å². The van der Waals surface area contributed by atoms with Gasteiger partial charge in [0.2, 0.25) is 0 Å². The predicted octanol–water partition coefficient (Wildman–Crippen LogP) is 2.13. The highest BCUT2D eigenvalue weighted by atomic mass is 16.6. The molecule has 0 spiro atoms. The second-order valence-electron chi connectivity index (χ2n) is 7.49. The SMILES string of the molecule is CCC[N+](CC)(CC)CCOCC.CCC[N+](CC)(CC)CCOCC.O=C([O-])[O-]. The van der Waals surface area contributed by atoms with Crippen molar-refractivity contribution in [3.05, 3.63) is 0 Å². The molecular formula is C23H52N2O5. The molecule has 7 nitrogen and oxygen atoms in total. The highest BCUT2D eigenvalue weighted by molar-refractivity contribution is 5.47. The fraction of sp³-hybridized carbons (Fsp3) is 0.957. The van der Waals surface area contributed by atoms with Crippen LogP contribution in [0.2, 0.25) is 0 Å². The molecule has 0 heterocycles. The molecule has 0 unspecified atom stereocenters. The Balaban J connectivity index is -0.000000412. The van der Waals surface area contributed by atoms with Gasteiger partial charge in [-0.1, -0.05) is 13.8 Å². The average molecular weight is 437 g/mol. The normalized spacial score (nSPS) is 11.2. The molecule has 0 aromatic rings. The number of likely N-dealkylation sites (N-methyl/N-ethyl adjacent to an activating group) is 2. The molecule has 0 amide bonds. The smallest absolute Gasteiger partial charge is 0.102 e. The molecule has 0 saturated heterocycles. The molecule has 0 atom stereocenters. The van der Waals surface area contributed by atoms with Crippen molar-refractivity contribution in [3.63, 3.8) is 0 Å². The van der Waals surface area contributed by atoms with E-state index in [0.29, 0.717) is 0 Å². The van der Waals surface area contributed by atoms with Crippen LogP contribution in [0.5, 0.6) is 0 Å². The van der Waals surface area contributed by atoms with Gasteiger partial charge in [-0.2, -0.15) is 0 Å². The summed E-state index contributed by atoms with van der Waals surface area (Å²) in [6, 6.07) is 0. The Morgan fingerprint density at radius 1 is 0.600 bits per heavy atom. The van der Waals surface area contributed by atoms with E-state index in [-0.39, 0.29) is 0 Å². The second-order valence-corrected chi connectivity index (χ2v) is 7.49. The standard InChI is InChI=1S/2C11H26NO.CH2O3/c2*1-5-9-12(6-2,7-3)10-11-13-8-4;2-1(3)4/h2*5-11H2,1-4H3;(H2,2,3,4)/q2*+1;/p-2. The lowest BCUT2D eigenvalue weighted by molar-refractivity contribution is -0.925. The van der Waals surface area contributed by atoms with Gasteiger partial charge in [0.05, 0.1) is 52.5 Å². The summed E-state index contributed by atoms with van der Waals surface area (Å²) in [5.74, 6) is 0. The van der Waals surface area contributed by atoms with Crippen LogP contribution in [0.3, 0.4) is 0 Å². The summed E-state index contributed by atoms with van der Waals surface area (Å²) >= 11 is 0. The van der Waals surface area contributed by atoms with Gasteiger partial charge in [-0.05, 0) is 60.5 Å². The summed E-state index contributed by atoms with van der Waals surface area (Å²) in [7, 11) is 0. The van der Waals surface area contributed by atoms with Crippen LogP contribution in [0.4, 0.5) is 4.79 Å². The lowest BCUT2D eigenvalue weighted by Crippen LogP contribution is -2.50. The van der Waals surface area contributed by atoms with Crippen molar-refractivity contribution in [2.45, 2.75) is 68.2 Å². The largest absolute Gasteiger partial charge is 0.652 e. The van der Waals surface area contributed by atoms with E-state index in [0.717, 1.165) is 26.4 Å². The summed E-state index contributed by atoms with van der Waals surface area (Å²) < 4.78 is 13.3. The first-order valence-corrected chi connectivity index (χ1v) is 12.0. The Bertz CT molecular complexity index is 328. The zero-order valence-corrected chi connectivity index (χ0v) is 21.3. The lowest BCUT2D eigenvalue weighted by atomic mass is 10.3. The Morgan fingerprint density at radius 2 is 0.867 bits per heavy atom. The Labute approximate surface area is 187 Å². The molecular weight excluding hydrogens is 384 g/mol. The first-order valence-electron chi connectivity index (χ1n) is 12.0. The van der Waals surface area contributed by atoms with E-state index in [1.807, 2.05) is 0 Å². The maximum atomic E-state index is 8.33. The number of nitrogens with zero attached hydrogens (tertiary/aromatic N) is 2. The summed E-state index contributed by atoms with van der Waals surface area (Å²) in [4.78, 5) is 8.33. The van der Waals surface area contributed by atoms with Crippen LogP contribution in [0, 0.1) is 0 Å².